The molecule has 0 radical (unpaired) electrons. The Morgan fingerprint density at radius 3 is 2.48 bits per heavy atom. The molecule has 0 aliphatic carbocycles. The van der Waals surface area contributed by atoms with E-state index >= 15 is 0 Å². The molecule has 0 unspecified atom stereocenters. The van der Waals surface area contributed by atoms with Gasteiger partial charge in [-0.3, -0.25) is 9.59 Å². The molecule has 2 aromatic rings. The Bertz CT molecular complexity index is 717. The Morgan fingerprint density at radius 1 is 1.08 bits per heavy atom. The second-order valence-corrected chi connectivity index (χ2v) is 6.22. The van der Waals surface area contributed by atoms with Crippen LogP contribution in [-0.2, 0) is 16.0 Å². The van der Waals surface area contributed by atoms with E-state index in [4.69, 9.17) is 4.74 Å². The topological polar surface area (TPSA) is 67.4 Å². The molecule has 0 aliphatic heterocycles. The average molecular weight is 358 g/mol. The molecule has 0 saturated carbocycles. The first-order chi connectivity index (χ1) is 12.1. The fourth-order valence-corrected chi connectivity index (χ4v) is 2.87. The highest BCUT2D eigenvalue weighted by Crippen LogP contribution is 2.21. The molecule has 5 nitrogen and oxygen atoms in total. The van der Waals surface area contributed by atoms with Crippen molar-refractivity contribution in [3.63, 3.8) is 0 Å². The zero-order chi connectivity index (χ0) is 18.1. The zero-order valence-corrected chi connectivity index (χ0v) is 15.2. The van der Waals surface area contributed by atoms with E-state index < -0.39 is 0 Å². The maximum Gasteiger partial charge on any atom is 0.256 e. The van der Waals surface area contributed by atoms with Crippen molar-refractivity contribution >= 4 is 29.3 Å². The van der Waals surface area contributed by atoms with E-state index in [9.17, 15) is 9.59 Å². The molecule has 0 heterocycles. The highest BCUT2D eigenvalue weighted by molar-refractivity contribution is 7.98. The second kappa shape index (κ2) is 9.86. The van der Waals surface area contributed by atoms with Crippen LogP contribution in [0.5, 0.6) is 0 Å². The van der Waals surface area contributed by atoms with Crippen LogP contribution in [0.3, 0.4) is 0 Å². The molecule has 0 aliphatic rings. The van der Waals surface area contributed by atoms with Gasteiger partial charge in [0.15, 0.2) is 0 Å². The van der Waals surface area contributed by atoms with Crippen LogP contribution in [0.4, 0.5) is 5.69 Å². The minimum atomic E-state index is -0.144. The Hall–Kier alpha value is -2.31. The van der Waals surface area contributed by atoms with E-state index in [1.807, 2.05) is 36.6 Å². The standard InChI is InChI=1S/C19H22N2O3S/c1-24-12-11-20-18(22)13-14-7-9-15(10-8-14)21-19(23)16-5-3-4-6-17(16)25-2/h3-10H,11-13H2,1-2H3,(H,20,22)(H,21,23). The van der Waals surface area contributed by atoms with Crippen LogP contribution >= 0.6 is 11.8 Å². The van der Waals surface area contributed by atoms with Crippen molar-refractivity contribution in [1.29, 1.82) is 0 Å². The third-order valence-corrected chi connectivity index (χ3v) is 4.35. The van der Waals surface area contributed by atoms with Crippen molar-refractivity contribution < 1.29 is 14.3 Å². The van der Waals surface area contributed by atoms with Gasteiger partial charge in [-0.1, -0.05) is 24.3 Å². The summed E-state index contributed by atoms with van der Waals surface area (Å²) in [6, 6.07) is 14.8. The third kappa shape index (κ3) is 5.92. The van der Waals surface area contributed by atoms with Gasteiger partial charge in [0, 0.05) is 24.2 Å². The molecule has 2 amide bonds. The molecule has 2 N–H and O–H groups in total. The molecule has 0 saturated heterocycles. The van der Waals surface area contributed by atoms with Gasteiger partial charge in [0.1, 0.15) is 0 Å². The number of amides is 2. The molecule has 0 fully saturated rings. The van der Waals surface area contributed by atoms with Crippen molar-refractivity contribution in [3.8, 4) is 0 Å². The van der Waals surface area contributed by atoms with E-state index in [1.54, 1.807) is 25.3 Å². The lowest BCUT2D eigenvalue weighted by Crippen LogP contribution is -2.28. The Kier molecular flexibility index (Phi) is 7.50. The number of benzene rings is 2. The highest BCUT2D eigenvalue weighted by Gasteiger charge is 2.10. The van der Waals surface area contributed by atoms with Gasteiger partial charge in [0.2, 0.25) is 5.91 Å². The van der Waals surface area contributed by atoms with E-state index in [0.717, 1.165) is 10.5 Å². The number of carbonyl (C=O) groups excluding carboxylic acids is 2. The predicted octanol–water partition coefficient (Wildman–Crippen LogP) is 2.97. The Balaban J connectivity index is 1.93. The van der Waals surface area contributed by atoms with Crippen LogP contribution in [0.15, 0.2) is 53.4 Å². The van der Waals surface area contributed by atoms with Crippen molar-refractivity contribution in [1.82, 2.24) is 5.32 Å². The van der Waals surface area contributed by atoms with Crippen molar-refractivity contribution in [2.45, 2.75) is 11.3 Å². The van der Waals surface area contributed by atoms with Gasteiger partial charge in [0.25, 0.3) is 5.91 Å². The summed E-state index contributed by atoms with van der Waals surface area (Å²) in [5, 5.41) is 5.66. The number of ether oxygens (including phenoxy) is 1. The number of anilines is 1. The maximum atomic E-state index is 12.4. The fraction of sp³-hybridized carbons (Fsp3) is 0.263. The molecule has 0 atom stereocenters. The lowest BCUT2D eigenvalue weighted by molar-refractivity contribution is -0.120. The van der Waals surface area contributed by atoms with E-state index in [2.05, 4.69) is 10.6 Å². The quantitative estimate of drug-likeness (QED) is 0.562. The highest BCUT2D eigenvalue weighted by atomic mass is 32.2. The minimum Gasteiger partial charge on any atom is -0.383 e. The first-order valence-electron chi connectivity index (χ1n) is 7.93. The molecular formula is C19H22N2O3S. The van der Waals surface area contributed by atoms with Gasteiger partial charge in [-0.2, -0.15) is 0 Å². The molecule has 0 aromatic heterocycles. The van der Waals surface area contributed by atoms with Gasteiger partial charge in [-0.15, -0.1) is 11.8 Å². The number of methoxy groups -OCH3 is 1. The first-order valence-corrected chi connectivity index (χ1v) is 9.15. The summed E-state index contributed by atoms with van der Waals surface area (Å²) in [6.45, 7) is 0.993. The van der Waals surface area contributed by atoms with E-state index in [0.29, 0.717) is 30.8 Å². The number of hydrogen-bond donors (Lipinski definition) is 2. The summed E-state index contributed by atoms with van der Waals surface area (Å²) in [5.74, 6) is -0.197. The largest absolute Gasteiger partial charge is 0.383 e. The molecule has 132 valence electrons. The molecular weight excluding hydrogens is 336 g/mol. The summed E-state index contributed by atoms with van der Waals surface area (Å²) in [6.07, 6.45) is 2.24. The van der Waals surface area contributed by atoms with Gasteiger partial charge in [-0.05, 0) is 36.1 Å². The number of hydrogen-bond acceptors (Lipinski definition) is 4. The number of nitrogens with one attached hydrogen (secondary N) is 2. The first kappa shape index (κ1) is 19.0. The normalized spacial score (nSPS) is 10.3. The Morgan fingerprint density at radius 2 is 1.80 bits per heavy atom. The fourth-order valence-electron chi connectivity index (χ4n) is 2.28. The summed E-state index contributed by atoms with van der Waals surface area (Å²) >= 11 is 1.54. The molecule has 25 heavy (non-hydrogen) atoms. The monoisotopic (exact) mass is 358 g/mol. The Labute approximate surface area is 152 Å². The van der Waals surface area contributed by atoms with Crippen molar-refractivity contribution in [3.05, 3.63) is 59.7 Å². The van der Waals surface area contributed by atoms with Crippen LogP contribution in [0, 0.1) is 0 Å². The average Bonchev–Trinajstić information content (AvgIpc) is 2.63. The molecule has 0 bridgehead atoms. The van der Waals surface area contributed by atoms with Crippen LogP contribution in [-0.4, -0.2) is 38.3 Å². The van der Waals surface area contributed by atoms with Crippen LogP contribution < -0.4 is 10.6 Å². The molecule has 6 heteroatoms. The lowest BCUT2D eigenvalue weighted by Gasteiger charge is -2.09. The molecule has 2 aromatic carbocycles. The van der Waals surface area contributed by atoms with Gasteiger partial charge < -0.3 is 15.4 Å². The maximum absolute atomic E-state index is 12.4. The predicted molar refractivity (Wildman–Crippen MR) is 101 cm³/mol. The number of thioether (sulfide) groups is 1. The SMILES string of the molecule is COCCNC(=O)Cc1ccc(NC(=O)c2ccccc2SC)cc1. The third-order valence-electron chi connectivity index (χ3n) is 3.56. The summed E-state index contributed by atoms with van der Waals surface area (Å²) in [5.41, 5.74) is 2.23. The summed E-state index contributed by atoms with van der Waals surface area (Å²) in [4.78, 5) is 25.1. The van der Waals surface area contributed by atoms with E-state index in [1.165, 1.54) is 11.8 Å². The smallest absolute Gasteiger partial charge is 0.256 e. The van der Waals surface area contributed by atoms with Crippen molar-refractivity contribution in [2.24, 2.45) is 0 Å². The zero-order valence-electron chi connectivity index (χ0n) is 14.4. The van der Waals surface area contributed by atoms with Crippen LogP contribution in [0.1, 0.15) is 15.9 Å². The molecule has 0 spiro atoms. The number of rotatable bonds is 8. The second-order valence-electron chi connectivity index (χ2n) is 5.37. The minimum absolute atomic E-state index is 0.0530. The number of carbonyl (C=O) groups is 2. The van der Waals surface area contributed by atoms with Gasteiger partial charge in [0.05, 0.1) is 18.6 Å². The van der Waals surface area contributed by atoms with Gasteiger partial charge >= 0.3 is 0 Å². The van der Waals surface area contributed by atoms with Crippen molar-refractivity contribution in [2.75, 3.05) is 31.8 Å². The lowest BCUT2D eigenvalue weighted by atomic mass is 10.1. The van der Waals surface area contributed by atoms with Crippen LogP contribution in [0.2, 0.25) is 0 Å². The summed E-state index contributed by atoms with van der Waals surface area (Å²) < 4.78 is 4.89. The summed E-state index contributed by atoms with van der Waals surface area (Å²) in [7, 11) is 1.59. The molecule has 2 rings (SSSR count). The van der Waals surface area contributed by atoms with E-state index in [-0.39, 0.29) is 11.8 Å². The van der Waals surface area contributed by atoms with Crippen LogP contribution in [0.25, 0.3) is 0 Å². The van der Waals surface area contributed by atoms with Gasteiger partial charge in [-0.25, -0.2) is 0 Å².